The average molecular weight is 187 g/mol. The van der Waals surface area contributed by atoms with Crippen LogP contribution in [0.2, 0.25) is 0 Å². The smallest absolute Gasteiger partial charge is 0.0107 e. The lowest BCUT2D eigenvalue weighted by Crippen LogP contribution is -2.34. The molecule has 0 radical (unpaired) electrons. The van der Waals surface area contributed by atoms with Crippen LogP contribution in [-0.2, 0) is 0 Å². The van der Waals surface area contributed by atoms with Crippen molar-refractivity contribution in [1.82, 2.24) is 15.5 Å². The van der Waals surface area contributed by atoms with E-state index in [2.05, 4.69) is 36.3 Å². The van der Waals surface area contributed by atoms with E-state index < -0.39 is 0 Å². The SMILES string of the molecule is CCNCCNCCN(CC)CC. The summed E-state index contributed by atoms with van der Waals surface area (Å²) in [4.78, 5) is 2.43. The third-order valence-corrected chi connectivity index (χ3v) is 2.23. The standard InChI is InChI=1S/C10H25N3/c1-4-11-7-8-12-9-10-13(5-2)6-3/h11-12H,4-10H2,1-3H3. The average Bonchev–Trinajstić information content (AvgIpc) is 2.17. The van der Waals surface area contributed by atoms with Crippen molar-refractivity contribution < 1.29 is 0 Å². The Labute approximate surface area is 82.9 Å². The van der Waals surface area contributed by atoms with Crippen molar-refractivity contribution >= 4 is 0 Å². The van der Waals surface area contributed by atoms with Crippen molar-refractivity contribution in [2.45, 2.75) is 20.8 Å². The summed E-state index contributed by atoms with van der Waals surface area (Å²) >= 11 is 0. The summed E-state index contributed by atoms with van der Waals surface area (Å²) in [6, 6.07) is 0. The zero-order valence-corrected chi connectivity index (χ0v) is 9.40. The molecule has 80 valence electrons. The van der Waals surface area contributed by atoms with E-state index in [1.807, 2.05) is 0 Å². The summed E-state index contributed by atoms with van der Waals surface area (Å²) in [6.07, 6.45) is 0. The van der Waals surface area contributed by atoms with Gasteiger partial charge in [-0.3, -0.25) is 0 Å². The minimum Gasteiger partial charge on any atom is -0.316 e. The topological polar surface area (TPSA) is 27.3 Å². The zero-order valence-electron chi connectivity index (χ0n) is 9.40. The van der Waals surface area contributed by atoms with Crippen LogP contribution in [0.25, 0.3) is 0 Å². The Bertz CT molecular complexity index is 92.2. The normalized spacial score (nSPS) is 11.1. The number of rotatable bonds is 9. The Morgan fingerprint density at radius 3 is 2.00 bits per heavy atom. The van der Waals surface area contributed by atoms with Gasteiger partial charge in [0.1, 0.15) is 0 Å². The highest BCUT2D eigenvalue weighted by atomic mass is 15.1. The molecule has 0 saturated carbocycles. The molecule has 0 aromatic rings. The summed E-state index contributed by atoms with van der Waals surface area (Å²) in [5.74, 6) is 0. The van der Waals surface area contributed by atoms with Gasteiger partial charge in [0, 0.05) is 26.2 Å². The van der Waals surface area contributed by atoms with Crippen LogP contribution < -0.4 is 10.6 Å². The van der Waals surface area contributed by atoms with E-state index in [4.69, 9.17) is 0 Å². The van der Waals surface area contributed by atoms with Crippen LogP contribution >= 0.6 is 0 Å². The fraction of sp³-hybridized carbons (Fsp3) is 1.00. The van der Waals surface area contributed by atoms with Crippen molar-refractivity contribution in [3.05, 3.63) is 0 Å². The second-order valence-electron chi connectivity index (χ2n) is 3.13. The first kappa shape index (κ1) is 12.9. The van der Waals surface area contributed by atoms with E-state index in [0.717, 1.165) is 39.3 Å². The van der Waals surface area contributed by atoms with E-state index in [1.165, 1.54) is 6.54 Å². The van der Waals surface area contributed by atoms with Crippen LogP contribution in [0.5, 0.6) is 0 Å². The van der Waals surface area contributed by atoms with E-state index >= 15 is 0 Å². The quantitative estimate of drug-likeness (QED) is 0.516. The Balaban J connectivity index is 3.05. The fourth-order valence-electron chi connectivity index (χ4n) is 1.26. The predicted octanol–water partition coefficient (Wildman–Crippen LogP) is 0.527. The third kappa shape index (κ3) is 8.22. The van der Waals surface area contributed by atoms with Gasteiger partial charge in [0.2, 0.25) is 0 Å². The highest BCUT2D eigenvalue weighted by Gasteiger charge is 1.96. The van der Waals surface area contributed by atoms with Gasteiger partial charge in [0.05, 0.1) is 0 Å². The van der Waals surface area contributed by atoms with Gasteiger partial charge in [-0.1, -0.05) is 20.8 Å². The van der Waals surface area contributed by atoms with Crippen molar-refractivity contribution in [1.29, 1.82) is 0 Å². The molecule has 13 heavy (non-hydrogen) atoms. The minimum atomic E-state index is 1.07. The van der Waals surface area contributed by atoms with Gasteiger partial charge in [0.15, 0.2) is 0 Å². The summed E-state index contributed by atoms with van der Waals surface area (Å²) < 4.78 is 0. The maximum atomic E-state index is 3.42. The van der Waals surface area contributed by atoms with Crippen LogP contribution in [0.15, 0.2) is 0 Å². The van der Waals surface area contributed by atoms with Gasteiger partial charge >= 0.3 is 0 Å². The molecule has 0 aliphatic carbocycles. The third-order valence-electron chi connectivity index (χ3n) is 2.23. The molecule has 0 aromatic heterocycles. The van der Waals surface area contributed by atoms with E-state index in [9.17, 15) is 0 Å². The van der Waals surface area contributed by atoms with Gasteiger partial charge in [-0.05, 0) is 19.6 Å². The Kier molecular flexibility index (Phi) is 9.87. The second kappa shape index (κ2) is 9.96. The van der Waals surface area contributed by atoms with Crippen LogP contribution in [0, 0.1) is 0 Å². The molecule has 0 saturated heterocycles. The molecule has 3 nitrogen and oxygen atoms in total. The first-order valence-electron chi connectivity index (χ1n) is 5.48. The molecule has 0 aliphatic heterocycles. The Hall–Kier alpha value is -0.120. The molecular formula is C10H25N3. The molecule has 0 aliphatic rings. The molecule has 0 aromatic carbocycles. The lowest BCUT2D eigenvalue weighted by atomic mass is 10.4. The molecule has 0 atom stereocenters. The molecule has 3 heteroatoms. The first-order chi connectivity index (χ1) is 6.35. The summed E-state index contributed by atoms with van der Waals surface area (Å²) in [5.41, 5.74) is 0. The van der Waals surface area contributed by atoms with Crippen LogP contribution in [0.3, 0.4) is 0 Å². The van der Waals surface area contributed by atoms with Gasteiger partial charge in [0.25, 0.3) is 0 Å². The van der Waals surface area contributed by atoms with Crippen LogP contribution in [0.1, 0.15) is 20.8 Å². The molecule has 0 spiro atoms. The summed E-state index contributed by atoms with van der Waals surface area (Å²) in [5, 5.41) is 6.70. The maximum absolute atomic E-state index is 3.42. The van der Waals surface area contributed by atoms with Crippen LogP contribution in [0.4, 0.5) is 0 Å². The number of nitrogens with zero attached hydrogens (tertiary/aromatic N) is 1. The molecule has 2 N–H and O–H groups in total. The van der Waals surface area contributed by atoms with Gasteiger partial charge in [-0.15, -0.1) is 0 Å². The highest BCUT2D eigenvalue weighted by molar-refractivity contribution is 4.56. The summed E-state index contributed by atoms with van der Waals surface area (Å²) in [7, 11) is 0. The lowest BCUT2D eigenvalue weighted by Gasteiger charge is -2.17. The predicted molar refractivity (Wildman–Crippen MR) is 59.2 cm³/mol. The summed E-state index contributed by atoms with van der Waals surface area (Å²) in [6.45, 7) is 14.4. The second-order valence-corrected chi connectivity index (χ2v) is 3.13. The Morgan fingerprint density at radius 2 is 1.46 bits per heavy atom. The maximum Gasteiger partial charge on any atom is 0.0107 e. The first-order valence-corrected chi connectivity index (χ1v) is 5.48. The van der Waals surface area contributed by atoms with E-state index in [1.54, 1.807) is 0 Å². The van der Waals surface area contributed by atoms with Gasteiger partial charge < -0.3 is 15.5 Å². The molecule has 0 rings (SSSR count). The molecule has 0 amide bonds. The van der Waals surface area contributed by atoms with Gasteiger partial charge in [-0.25, -0.2) is 0 Å². The van der Waals surface area contributed by atoms with Gasteiger partial charge in [-0.2, -0.15) is 0 Å². The number of hydrogen-bond donors (Lipinski definition) is 2. The zero-order chi connectivity index (χ0) is 9.94. The molecular weight excluding hydrogens is 162 g/mol. The number of hydrogen-bond acceptors (Lipinski definition) is 3. The number of likely N-dealkylation sites (N-methyl/N-ethyl adjacent to an activating group) is 2. The van der Waals surface area contributed by atoms with Crippen molar-refractivity contribution in [3.8, 4) is 0 Å². The van der Waals surface area contributed by atoms with Crippen molar-refractivity contribution in [2.24, 2.45) is 0 Å². The number of nitrogens with one attached hydrogen (secondary N) is 2. The Morgan fingerprint density at radius 1 is 0.846 bits per heavy atom. The molecule has 0 heterocycles. The minimum absolute atomic E-state index is 1.07. The van der Waals surface area contributed by atoms with Crippen molar-refractivity contribution in [2.75, 3.05) is 45.8 Å². The van der Waals surface area contributed by atoms with Crippen LogP contribution in [-0.4, -0.2) is 50.7 Å². The monoisotopic (exact) mass is 187 g/mol. The highest BCUT2D eigenvalue weighted by Crippen LogP contribution is 1.83. The molecule has 0 fully saturated rings. The molecule has 0 unspecified atom stereocenters. The van der Waals surface area contributed by atoms with E-state index in [-0.39, 0.29) is 0 Å². The van der Waals surface area contributed by atoms with Crippen molar-refractivity contribution in [3.63, 3.8) is 0 Å². The molecule has 0 bridgehead atoms. The lowest BCUT2D eigenvalue weighted by molar-refractivity contribution is 0.302. The largest absolute Gasteiger partial charge is 0.316 e. The fourth-order valence-corrected chi connectivity index (χ4v) is 1.26. The van der Waals surface area contributed by atoms with E-state index in [0.29, 0.717) is 0 Å².